The fourth-order valence-corrected chi connectivity index (χ4v) is 4.88. The summed E-state index contributed by atoms with van der Waals surface area (Å²) in [6.07, 6.45) is 0. The van der Waals surface area contributed by atoms with Gasteiger partial charge in [0.15, 0.2) is 5.13 Å². The Hall–Kier alpha value is -3.42. The lowest BCUT2D eigenvalue weighted by Crippen LogP contribution is -2.14. The monoisotopic (exact) mass is 473 g/mol. The first kappa shape index (κ1) is 22.8. The third-order valence-electron chi connectivity index (χ3n) is 4.83. The fraction of sp³-hybridized carbons (Fsp3) is 0.115. The molecule has 0 unspecified atom stereocenters. The van der Waals surface area contributed by atoms with Gasteiger partial charge in [-0.15, -0.1) is 23.1 Å². The summed E-state index contributed by atoms with van der Waals surface area (Å²) in [5.41, 5.74) is 4.26. The van der Waals surface area contributed by atoms with Crippen molar-refractivity contribution in [1.29, 1.82) is 0 Å². The molecule has 0 fully saturated rings. The third-order valence-corrected chi connectivity index (χ3v) is 6.71. The second-order valence-electron chi connectivity index (χ2n) is 7.48. The van der Waals surface area contributed by atoms with E-state index in [0.717, 1.165) is 26.6 Å². The highest BCUT2D eigenvalue weighted by Crippen LogP contribution is 2.30. The van der Waals surface area contributed by atoms with E-state index >= 15 is 0 Å². The van der Waals surface area contributed by atoms with Crippen molar-refractivity contribution in [2.24, 2.45) is 0 Å². The lowest BCUT2D eigenvalue weighted by molar-refractivity contribution is -0.113. The van der Waals surface area contributed by atoms with Gasteiger partial charge in [0, 0.05) is 26.6 Å². The number of anilines is 2. The SMILES string of the molecule is Cc1cccc(C(=O)Nc2cccc(SCC(=O)Nc3nc(-c4ccccc4)c(C)s3)c2)c1. The molecular formula is C26H23N3O2S2. The Morgan fingerprint density at radius 2 is 1.70 bits per heavy atom. The zero-order chi connectivity index (χ0) is 23.2. The van der Waals surface area contributed by atoms with Gasteiger partial charge in [-0.1, -0.05) is 54.1 Å². The molecule has 166 valence electrons. The largest absolute Gasteiger partial charge is 0.322 e. The van der Waals surface area contributed by atoms with Gasteiger partial charge in [0.1, 0.15) is 0 Å². The Balaban J connectivity index is 1.34. The van der Waals surface area contributed by atoms with Gasteiger partial charge in [-0.2, -0.15) is 0 Å². The van der Waals surface area contributed by atoms with Crippen LogP contribution in [0.2, 0.25) is 0 Å². The second-order valence-corrected chi connectivity index (χ2v) is 9.73. The van der Waals surface area contributed by atoms with Crippen molar-refractivity contribution in [1.82, 2.24) is 4.98 Å². The summed E-state index contributed by atoms with van der Waals surface area (Å²) in [6, 6.07) is 24.9. The number of thiazole rings is 1. The van der Waals surface area contributed by atoms with Crippen LogP contribution in [0.25, 0.3) is 11.3 Å². The van der Waals surface area contributed by atoms with E-state index in [9.17, 15) is 9.59 Å². The number of benzene rings is 3. The van der Waals surface area contributed by atoms with E-state index in [1.807, 2.05) is 86.6 Å². The molecule has 4 aromatic rings. The van der Waals surface area contributed by atoms with E-state index in [4.69, 9.17) is 0 Å². The average Bonchev–Trinajstić information content (AvgIpc) is 3.18. The number of carbonyl (C=O) groups excluding carboxylic acids is 2. The molecule has 0 radical (unpaired) electrons. The summed E-state index contributed by atoms with van der Waals surface area (Å²) in [7, 11) is 0. The zero-order valence-electron chi connectivity index (χ0n) is 18.3. The molecule has 0 atom stereocenters. The van der Waals surface area contributed by atoms with Gasteiger partial charge < -0.3 is 10.6 Å². The third kappa shape index (κ3) is 6.09. The van der Waals surface area contributed by atoms with Crippen molar-refractivity contribution >= 4 is 45.7 Å². The predicted octanol–water partition coefficient (Wildman–Crippen LogP) is 6.41. The first-order valence-corrected chi connectivity index (χ1v) is 12.2. The topological polar surface area (TPSA) is 71.1 Å². The lowest BCUT2D eigenvalue weighted by atomic mass is 10.1. The molecule has 0 saturated carbocycles. The van der Waals surface area contributed by atoms with Crippen LogP contribution >= 0.6 is 23.1 Å². The van der Waals surface area contributed by atoms with Crippen LogP contribution in [0.15, 0.2) is 83.8 Å². The lowest BCUT2D eigenvalue weighted by Gasteiger charge is -2.08. The maximum atomic E-state index is 12.5. The number of nitrogens with zero attached hydrogens (tertiary/aromatic N) is 1. The number of hydrogen-bond donors (Lipinski definition) is 2. The molecule has 0 bridgehead atoms. The van der Waals surface area contributed by atoms with E-state index in [2.05, 4.69) is 15.6 Å². The van der Waals surface area contributed by atoms with E-state index < -0.39 is 0 Å². The van der Waals surface area contributed by atoms with Crippen LogP contribution in [0.4, 0.5) is 10.8 Å². The minimum atomic E-state index is -0.160. The van der Waals surface area contributed by atoms with Gasteiger partial charge in [-0.25, -0.2) is 4.98 Å². The Bertz CT molecular complexity index is 1290. The minimum Gasteiger partial charge on any atom is -0.322 e. The molecule has 4 rings (SSSR count). The van der Waals surface area contributed by atoms with E-state index in [0.29, 0.717) is 16.4 Å². The quantitative estimate of drug-likeness (QED) is 0.304. The number of rotatable bonds is 7. The zero-order valence-corrected chi connectivity index (χ0v) is 19.9. The molecule has 0 aliphatic rings. The number of amides is 2. The van der Waals surface area contributed by atoms with Crippen LogP contribution in [-0.2, 0) is 4.79 Å². The van der Waals surface area contributed by atoms with E-state index in [1.54, 1.807) is 6.07 Å². The highest BCUT2D eigenvalue weighted by Gasteiger charge is 2.13. The summed E-state index contributed by atoms with van der Waals surface area (Å²) in [6.45, 7) is 3.95. The van der Waals surface area contributed by atoms with Crippen LogP contribution in [0.5, 0.6) is 0 Å². The van der Waals surface area contributed by atoms with Gasteiger partial charge in [0.2, 0.25) is 5.91 Å². The second kappa shape index (κ2) is 10.5. The molecule has 1 aromatic heterocycles. The number of carbonyl (C=O) groups is 2. The summed E-state index contributed by atoms with van der Waals surface area (Å²) in [5, 5.41) is 6.40. The molecule has 0 spiro atoms. The Morgan fingerprint density at radius 1 is 0.909 bits per heavy atom. The highest BCUT2D eigenvalue weighted by atomic mass is 32.2. The highest BCUT2D eigenvalue weighted by molar-refractivity contribution is 8.00. The van der Waals surface area contributed by atoms with Crippen LogP contribution in [0.3, 0.4) is 0 Å². The molecule has 2 N–H and O–H groups in total. The predicted molar refractivity (Wildman–Crippen MR) is 137 cm³/mol. The van der Waals surface area contributed by atoms with E-state index in [1.165, 1.54) is 23.1 Å². The minimum absolute atomic E-state index is 0.123. The van der Waals surface area contributed by atoms with Crippen LogP contribution in [0.1, 0.15) is 20.8 Å². The summed E-state index contributed by atoms with van der Waals surface area (Å²) in [5.74, 6) is -0.0382. The van der Waals surface area contributed by atoms with Crippen LogP contribution < -0.4 is 10.6 Å². The van der Waals surface area contributed by atoms with Gasteiger partial charge in [-0.05, 0) is 44.2 Å². The summed E-state index contributed by atoms with van der Waals surface area (Å²) in [4.78, 5) is 31.5. The Kier molecular flexibility index (Phi) is 7.22. The van der Waals surface area contributed by atoms with Crippen LogP contribution in [0, 0.1) is 13.8 Å². The summed E-state index contributed by atoms with van der Waals surface area (Å²) >= 11 is 2.88. The molecule has 1 heterocycles. The molecule has 33 heavy (non-hydrogen) atoms. The molecule has 2 amide bonds. The van der Waals surface area contributed by atoms with Gasteiger partial charge in [-0.3, -0.25) is 9.59 Å². The number of aryl methyl sites for hydroxylation is 2. The molecule has 0 saturated heterocycles. The smallest absolute Gasteiger partial charge is 0.255 e. The number of nitrogens with one attached hydrogen (secondary N) is 2. The fourth-order valence-electron chi connectivity index (χ4n) is 3.27. The maximum Gasteiger partial charge on any atom is 0.255 e. The van der Waals surface area contributed by atoms with E-state index in [-0.39, 0.29) is 17.6 Å². The average molecular weight is 474 g/mol. The normalized spacial score (nSPS) is 10.6. The Labute approximate surface area is 201 Å². The first-order chi connectivity index (χ1) is 16.0. The molecule has 5 nitrogen and oxygen atoms in total. The Morgan fingerprint density at radius 3 is 2.48 bits per heavy atom. The van der Waals surface area contributed by atoms with Crippen LogP contribution in [-0.4, -0.2) is 22.6 Å². The van der Waals surface area contributed by atoms with Crippen molar-refractivity contribution < 1.29 is 9.59 Å². The van der Waals surface area contributed by atoms with Crippen molar-refractivity contribution in [2.75, 3.05) is 16.4 Å². The molecule has 0 aliphatic carbocycles. The van der Waals surface area contributed by atoms with Crippen molar-refractivity contribution in [3.63, 3.8) is 0 Å². The molecule has 0 aliphatic heterocycles. The van der Waals surface area contributed by atoms with Crippen molar-refractivity contribution in [3.05, 3.63) is 94.9 Å². The number of thioether (sulfide) groups is 1. The number of hydrogen-bond acceptors (Lipinski definition) is 5. The van der Waals surface area contributed by atoms with Gasteiger partial charge in [0.05, 0.1) is 11.4 Å². The molecule has 7 heteroatoms. The molecule has 3 aromatic carbocycles. The van der Waals surface area contributed by atoms with Crippen molar-refractivity contribution in [3.8, 4) is 11.3 Å². The first-order valence-electron chi connectivity index (χ1n) is 10.4. The van der Waals surface area contributed by atoms with Gasteiger partial charge in [0.25, 0.3) is 5.91 Å². The van der Waals surface area contributed by atoms with Crippen molar-refractivity contribution in [2.45, 2.75) is 18.7 Å². The number of aromatic nitrogens is 1. The standard InChI is InChI=1S/C26H23N3O2S2/c1-17-8-6-11-20(14-17)25(31)27-21-12-7-13-22(15-21)32-16-23(30)28-26-29-24(18(2)33-26)19-9-4-3-5-10-19/h3-15H,16H2,1-2H3,(H,27,31)(H,28,29,30). The van der Waals surface area contributed by atoms with Gasteiger partial charge >= 0.3 is 0 Å². The maximum absolute atomic E-state index is 12.5. The summed E-state index contributed by atoms with van der Waals surface area (Å²) < 4.78 is 0. The molecular weight excluding hydrogens is 450 g/mol.